The van der Waals surface area contributed by atoms with Crippen molar-refractivity contribution in [1.29, 1.82) is 0 Å². The quantitative estimate of drug-likeness (QED) is 0.0387. The summed E-state index contributed by atoms with van der Waals surface area (Å²) in [6, 6.07) is 27.9. The fraction of sp³-hybridized carbons (Fsp3) is 0.229. The minimum atomic E-state index is -4.14. The lowest BCUT2D eigenvalue weighted by molar-refractivity contribution is -0.138. The maximum absolute atomic E-state index is 12.6. The van der Waals surface area contributed by atoms with E-state index in [4.69, 9.17) is 26.2 Å². The molecule has 0 heterocycles. The number of phenols is 1. The lowest BCUT2D eigenvalue weighted by Crippen LogP contribution is -2.37. The van der Waals surface area contributed by atoms with Crippen LogP contribution in [0, 0.1) is 6.92 Å². The van der Waals surface area contributed by atoms with Gasteiger partial charge in [-0.15, -0.1) is 0 Å². The van der Waals surface area contributed by atoms with Gasteiger partial charge in [0.1, 0.15) is 17.6 Å². The monoisotopic (exact) mass is 927 g/mol. The molecule has 3 atom stereocenters. The van der Waals surface area contributed by atoms with Crippen LogP contribution in [0.25, 0.3) is 0 Å². The van der Waals surface area contributed by atoms with Crippen molar-refractivity contribution in [3.63, 3.8) is 0 Å². The van der Waals surface area contributed by atoms with Crippen molar-refractivity contribution in [2.24, 2.45) is 5.73 Å². The van der Waals surface area contributed by atoms with E-state index in [1.54, 1.807) is 12.1 Å². The normalized spacial score (nSPS) is 11.9. The van der Waals surface area contributed by atoms with E-state index in [2.05, 4.69) is 55.1 Å². The van der Waals surface area contributed by atoms with Crippen molar-refractivity contribution in [2.45, 2.75) is 76.9 Å². The van der Waals surface area contributed by atoms with Gasteiger partial charge >= 0.3 is 23.9 Å². The summed E-state index contributed by atoms with van der Waals surface area (Å²) >= 11 is 0. The van der Waals surface area contributed by atoms with E-state index in [0.717, 1.165) is 18.2 Å². The molecule has 0 radical (unpaired) electrons. The molecule has 0 aliphatic heterocycles. The Kier molecular flexibility index (Phi) is 21.2. The summed E-state index contributed by atoms with van der Waals surface area (Å²) in [6.45, 7) is 11.2. The van der Waals surface area contributed by atoms with Crippen molar-refractivity contribution in [3.8, 4) is 5.75 Å². The number of amides is 1. The minimum Gasteiger partial charge on any atom is -0.507 e. The number of nitrogens with two attached hydrogens (primary N) is 1. The second-order valence-corrected chi connectivity index (χ2v) is 16.7. The highest BCUT2D eigenvalue weighted by Crippen LogP contribution is 2.24. The van der Waals surface area contributed by atoms with Crippen molar-refractivity contribution in [2.75, 3.05) is 0 Å². The highest BCUT2D eigenvalue weighted by molar-refractivity contribution is 7.89. The third-order valence-corrected chi connectivity index (χ3v) is 10.9. The van der Waals surface area contributed by atoms with Gasteiger partial charge in [-0.05, 0) is 105 Å². The number of carboxylic acid groups (broad SMARTS) is 4. The van der Waals surface area contributed by atoms with Crippen LogP contribution < -0.4 is 15.8 Å². The second-order valence-electron chi connectivity index (χ2n) is 15.0. The number of aryl methyl sites for hydroxylation is 1. The summed E-state index contributed by atoms with van der Waals surface area (Å²) in [4.78, 5) is 76.2. The molecule has 18 heteroatoms. The lowest BCUT2D eigenvalue weighted by Gasteiger charge is -2.16. The maximum Gasteiger partial charge on any atom is 0.339 e. The minimum absolute atomic E-state index is 0.0630. The first-order valence-corrected chi connectivity index (χ1v) is 21.5. The molecule has 2 unspecified atom stereocenters. The topological polar surface area (TPSA) is 305 Å². The molecule has 0 fully saturated rings. The zero-order valence-electron chi connectivity index (χ0n) is 37.0. The van der Waals surface area contributed by atoms with Gasteiger partial charge in [-0.2, -0.15) is 0 Å². The standard InChI is InChI=1S/C20H20N2O9S.C10H12O2.C9H13N.C9H8O3/c1-11(22-32(30,31)15-6-7-17(24)16(9-15)20(28)29)12-2-4-13(5-3-12)19(27)21-14(10-23)8-18(25)26;1-7(2)8-3-5-9(6-4-8)10(11)12;1-7-3-5-9(6-4-7)8(2)10;1-6(10)7-2-4-8(5-3-7)9(11)12/h2-7,9-11,14,22,24H,8H2,1H3,(H,21,27)(H,25,26)(H,28,29);3-7H,1-2H3,(H,11,12);3-6,8H,10H2,1-2H3;2-5H,1H3,(H,11,12)/t11?,14-;;;/m0.../s1. The van der Waals surface area contributed by atoms with E-state index in [9.17, 15) is 47.1 Å². The molecule has 0 aliphatic rings. The van der Waals surface area contributed by atoms with Crippen molar-refractivity contribution in [1.82, 2.24) is 10.0 Å². The Hall–Kier alpha value is -7.54. The van der Waals surface area contributed by atoms with E-state index in [1.807, 2.05) is 19.1 Å². The third-order valence-electron chi connectivity index (χ3n) is 9.35. The first kappa shape index (κ1) is 54.6. The smallest absolute Gasteiger partial charge is 0.339 e. The molecule has 5 aromatic rings. The Morgan fingerprint density at radius 3 is 1.52 bits per heavy atom. The number of aromatic hydroxyl groups is 1. The van der Waals surface area contributed by atoms with Crippen LogP contribution >= 0.6 is 0 Å². The molecule has 0 bridgehead atoms. The number of hydrogen-bond acceptors (Lipinski definition) is 11. The summed E-state index contributed by atoms with van der Waals surface area (Å²) in [5.41, 5.74) is 10.4. The Balaban J connectivity index is 0.000000356. The average molecular weight is 928 g/mol. The molecule has 5 aromatic carbocycles. The molecule has 350 valence electrons. The zero-order chi connectivity index (χ0) is 49.9. The molecule has 1 amide bonds. The largest absolute Gasteiger partial charge is 0.507 e. The summed E-state index contributed by atoms with van der Waals surface area (Å²) in [6.07, 6.45) is -0.247. The molecule has 17 nitrogen and oxygen atoms in total. The first-order chi connectivity index (χ1) is 30.9. The predicted molar refractivity (Wildman–Crippen MR) is 244 cm³/mol. The number of aromatic carboxylic acids is 3. The summed E-state index contributed by atoms with van der Waals surface area (Å²) in [5.74, 6) is -5.44. The van der Waals surface area contributed by atoms with Crippen LogP contribution in [0.2, 0.25) is 0 Å². The van der Waals surface area contributed by atoms with Gasteiger partial charge in [-0.1, -0.05) is 80.1 Å². The maximum atomic E-state index is 12.6. The predicted octanol–water partition coefficient (Wildman–Crippen LogP) is 7.01. The Labute approximate surface area is 382 Å². The van der Waals surface area contributed by atoms with Gasteiger partial charge in [-0.3, -0.25) is 14.4 Å². The number of nitrogens with one attached hydrogen (secondary N) is 2. The van der Waals surface area contributed by atoms with E-state index >= 15 is 0 Å². The average Bonchev–Trinajstić information content (AvgIpc) is 3.26. The molecule has 66 heavy (non-hydrogen) atoms. The molecule has 9 N–H and O–H groups in total. The number of aldehydes is 1. The molecule has 0 saturated carbocycles. The molecular weight excluding hydrogens is 875 g/mol. The van der Waals surface area contributed by atoms with Crippen LogP contribution in [0.5, 0.6) is 5.75 Å². The van der Waals surface area contributed by atoms with Crippen molar-refractivity contribution in [3.05, 3.63) is 165 Å². The van der Waals surface area contributed by atoms with Crippen molar-refractivity contribution < 1.29 is 67.5 Å². The van der Waals surface area contributed by atoms with Crippen LogP contribution in [0.3, 0.4) is 0 Å². The number of carbonyl (C=O) groups is 7. The Morgan fingerprint density at radius 2 is 1.09 bits per heavy atom. The number of Topliss-reactive ketones (excluding diaryl/α,β-unsaturated/α-hetero) is 1. The van der Waals surface area contributed by atoms with Gasteiger partial charge in [-0.25, -0.2) is 27.5 Å². The number of ketones is 1. The number of aliphatic carboxylic acids is 1. The molecule has 0 saturated heterocycles. The van der Waals surface area contributed by atoms with Gasteiger partial charge in [0.2, 0.25) is 10.0 Å². The van der Waals surface area contributed by atoms with Gasteiger partial charge in [0.25, 0.3) is 5.91 Å². The third kappa shape index (κ3) is 17.9. The first-order valence-electron chi connectivity index (χ1n) is 20.0. The van der Waals surface area contributed by atoms with Gasteiger partial charge in [0.15, 0.2) is 5.78 Å². The summed E-state index contributed by atoms with van der Waals surface area (Å²) < 4.78 is 27.5. The SMILES string of the molecule is CC(=O)c1ccc(C(=O)O)cc1.CC(C)c1ccc(C(=O)O)cc1.CC(NS(=O)(=O)c1ccc(O)c(C(=O)O)c1)c1ccc(C(=O)N[C@H](C=O)CC(=O)O)cc1.Cc1ccc(C(C)N)cc1. The fourth-order valence-electron chi connectivity index (χ4n) is 5.45. The fourth-order valence-corrected chi connectivity index (χ4v) is 6.70. The highest BCUT2D eigenvalue weighted by Gasteiger charge is 2.22. The van der Waals surface area contributed by atoms with Gasteiger partial charge < -0.3 is 41.4 Å². The lowest BCUT2D eigenvalue weighted by atomic mass is 10.0. The van der Waals surface area contributed by atoms with Crippen LogP contribution in [0.15, 0.2) is 120 Å². The number of carbonyl (C=O) groups excluding carboxylic acids is 3. The Morgan fingerprint density at radius 1 is 0.636 bits per heavy atom. The molecule has 5 rings (SSSR count). The van der Waals surface area contributed by atoms with E-state index in [-0.39, 0.29) is 27.8 Å². The number of benzene rings is 5. The van der Waals surface area contributed by atoms with Crippen LogP contribution in [0.1, 0.15) is 133 Å². The molecule has 0 spiro atoms. The number of rotatable bonds is 15. The van der Waals surface area contributed by atoms with E-state index in [1.165, 1.54) is 79.1 Å². The van der Waals surface area contributed by atoms with Crippen LogP contribution in [-0.2, 0) is 19.6 Å². The molecular formula is C48H53N3O14S. The molecule has 0 aliphatic carbocycles. The number of carboxylic acids is 4. The highest BCUT2D eigenvalue weighted by atomic mass is 32.2. The van der Waals surface area contributed by atoms with Crippen molar-refractivity contribution >= 4 is 51.9 Å². The second kappa shape index (κ2) is 25.7. The van der Waals surface area contributed by atoms with E-state index < -0.39 is 69.6 Å². The zero-order valence-corrected chi connectivity index (χ0v) is 37.8. The van der Waals surface area contributed by atoms with Gasteiger partial charge in [0, 0.05) is 23.2 Å². The van der Waals surface area contributed by atoms with Crippen LogP contribution in [0.4, 0.5) is 0 Å². The summed E-state index contributed by atoms with van der Waals surface area (Å²) in [7, 11) is -4.14. The Bertz CT molecular complexity index is 2540. The van der Waals surface area contributed by atoms with Crippen LogP contribution in [-0.4, -0.2) is 81.8 Å². The number of sulfonamides is 1. The number of hydrogen-bond donors (Lipinski definition) is 8. The molecule has 0 aromatic heterocycles. The summed E-state index contributed by atoms with van der Waals surface area (Å²) in [5, 5.41) is 46.7. The van der Waals surface area contributed by atoms with Gasteiger partial charge in [0.05, 0.1) is 28.5 Å². The van der Waals surface area contributed by atoms with E-state index in [0.29, 0.717) is 28.9 Å².